The quantitative estimate of drug-likeness (QED) is 0.933. The molecule has 2 N–H and O–H groups in total. The molecule has 5 heteroatoms. The number of aryl methyl sites for hydroxylation is 1. The Hall–Kier alpha value is -1.39. The first kappa shape index (κ1) is 15.0. The monoisotopic (exact) mass is 295 g/mol. The van der Waals surface area contributed by atoms with E-state index in [4.69, 9.17) is 17.3 Å². The molecule has 1 atom stereocenters. The lowest BCUT2D eigenvalue weighted by atomic mass is 10.0. The van der Waals surface area contributed by atoms with Gasteiger partial charge in [-0.3, -0.25) is 4.68 Å². The van der Waals surface area contributed by atoms with Crippen LogP contribution in [-0.2, 0) is 6.54 Å². The molecule has 2 rings (SSSR count). The average molecular weight is 296 g/mol. The second kappa shape index (κ2) is 5.94. The summed E-state index contributed by atoms with van der Waals surface area (Å²) in [6.07, 6.45) is 0.855. The van der Waals surface area contributed by atoms with Gasteiger partial charge in [-0.25, -0.2) is 4.39 Å². The Kier molecular flexibility index (Phi) is 4.45. The van der Waals surface area contributed by atoms with Crippen LogP contribution in [-0.4, -0.2) is 9.78 Å². The van der Waals surface area contributed by atoms with Crippen LogP contribution in [0.1, 0.15) is 41.9 Å². The zero-order chi connectivity index (χ0) is 14.9. The van der Waals surface area contributed by atoms with Crippen LogP contribution in [0.4, 0.5) is 4.39 Å². The molecule has 1 heterocycles. The largest absolute Gasteiger partial charge is 0.324 e. The highest BCUT2D eigenvalue weighted by Crippen LogP contribution is 2.25. The number of benzene rings is 1. The number of nitrogens with two attached hydrogens (primary N) is 1. The van der Waals surface area contributed by atoms with Crippen molar-refractivity contribution in [2.45, 2.75) is 39.8 Å². The molecule has 0 saturated heterocycles. The summed E-state index contributed by atoms with van der Waals surface area (Å²) in [5.41, 5.74) is 9.84. The van der Waals surface area contributed by atoms with E-state index in [0.717, 1.165) is 23.4 Å². The predicted molar refractivity (Wildman–Crippen MR) is 79.4 cm³/mol. The normalized spacial score (nSPS) is 12.7. The second-order valence-corrected chi connectivity index (χ2v) is 5.35. The Balaban J connectivity index is 2.38. The standard InChI is InChI=1S/C15H19ClFN3/c1-4-13(18)14-9(2)19-20(10(14)3)8-11-6-5-7-12(17)15(11)16/h5-7,13H,4,8,18H2,1-3H3. The summed E-state index contributed by atoms with van der Waals surface area (Å²) in [5.74, 6) is -0.406. The fourth-order valence-corrected chi connectivity index (χ4v) is 2.62. The molecule has 0 aliphatic heterocycles. The van der Waals surface area contributed by atoms with E-state index in [1.807, 2.05) is 25.5 Å². The number of nitrogens with zero attached hydrogens (tertiary/aromatic N) is 2. The van der Waals surface area contributed by atoms with Gasteiger partial charge in [0.15, 0.2) is 0 Å². The van der Waals surface area contributed by atoms with Gasteiger partial charge in [-0.2, -0.15) is 5.10 Å². The van der Waals surface area contributed by atoms with Crippen molar-refractivity contribution in [2.24, 2.45) is 5.73 Å². The lowest BCUT2D eigenvalue weighted by Gasteiger charge is -2.11. The third kappa shape index (κ3) is 2.72. The molecule has 0 fully saturated rings. The molecule has 0 aliphatic rings. The highest BCUT2D eigenvalue weighted by Gasteiger charge is 2.17. The van der Waals surface area contributed by atoms with Crippen molar-refractivity contribution in [3.8, 4) is 0 Å². The number of hydrogen-bond donors (Lipinski definition) is 1. The zero-order valence-corrected chi connectivity index (χ0v) is 12.7. The van der Waals surface area contributed by atoms with Crippen LogP contribution in [0.15, 0.2) is 18.2 Å². The van der Waals surface area contributed by atoms with Crippen molar-refractivity contribution in [2.75, 3.05) is 0 Å². The SMILES string of the molecule is CCC(N)c1c(C)nn(Cc2cccc(F)c2Cl)c1C. The molecular weight excluding hydrogens is 277 g/mol. The second-order valence-electron chi connectivity index (χ2n) is 4.97. The zero-order valence-electron chi connectivity index (χ0n) is 12.0. The molecular formula is C15H19ClFN3. The van der Waals surface area contributed by atoms with Crippen LogP contribution in [0.3, 0.4) is 0 Å². The molecule has 1 aromatic carbocycles. The first-order valence-electron chi connectivity index (χ1n) is 6.68. The van der Waals surface area contributed by atoms with Gasteiger partial charge in [-0.15, -0.1) is 0 Å². The molecule has 2 aromatic rings. The Bertz CT molecular complexity index is 622. The molecule has 3 nitrogen and oxygen atoms in total. The summed E-state index contributed by atoms with van der Waals surface area (Å²) < 4.78 is 15.3. The maximum Gasteiger partial charge on any atom is 0.142 e. The van der Waals surface area contributed by atoms with E-state index < -0.39 is 5.82 Å². The number of hydrogen-bond acceptors (Lipinski definition) is 2. The van der Waals surface area contributed by atoms with E-state index >= 15 is 0 Å². The van der Waals surface area contributed by atoms with E-state index in [1.165, 1.54) is 6.07 Å². The molecule has 20 heavy (non-hydrogen) atoms. The maximum absolute atomic E-state index is 13.5. The first-order chi connectivity index (χ1) is 9.45. The smallest absolute Gasteiger partial charge is 0.142 e. The van der Waals surface area contributed by atoms with Crippen LogP contribution < -0.4 is 5.73 Å². The molecule has 1 aromatic heterocycles. The topological polar surface area (TPSA) is 43.8 Å². The Labute approximate surface area is 123 Å². The van der Waals surface area contributed by atoms with Gasteiger partial charge in [0, 0.05) is 17.3 Å². The lowest BCUT2D eigenvalue weighted by Crippen LogP contribution is -2.11. The van der Waals surface area contributed by atoms with Crippen molar-refractivity contribution in [1.82, 2.24) is 9.78 Å². The van der Waals surface area contributed by atoms with E-state index in [9.17, 15) is 4.39 Å². The van der Waals surface area contributed by atoms with Gasteiger partial charge < -0.3 is 5.73 Å². The van der Waals surface area contributed by atoms with Crippen molar-refractivity contribution >= 4 is 11.6 Å². The number of aromatic nitrogens is 2. The Morgan fingerprint density at radius 1 is 1.40 bits per heavy atom. The van der Waals surface area contributed by atoms with Gasteiger partial charge in [0.1, 0.15) is 5.82 Å². The van der Waals surface area contributed by atoms with Crippen molar-refractivity contribution in [1.29, 1.82) is 0 Å². The van der Waals surface area contributed by atoms with E-state index in [-0.39, 0.29) is 11.1 Å². The minimum absolute atomic E-state index is 0.0215. The van der Waals surface area contributed by atoms with Crippen molar-refractivity contribution < 1.29 is 4.39 Å². The van der Waals surface area contributed by atoms with Crippen LogP contribution >= 0.6 is 11.6 Å². The minimum atomic E-state index is -0.406. The molecule has 0 saturated carbocycles. The molecule has 0 spiro atoms. The van der Waals surface area contributed by atoms with Gasteiger partial charge in [0.2, 0.25) is 0 Å². The summed E-state index contributed by atoms with van der Waals surface area (Å²) >= 11 is 5.99. The first-order valence-corrected chi connectivity index (χ1v) is 7.05. The van der Waals surface area contributed by atoms with Crippen LogP contribution in [0.25, 0.3) is 0 Å². The fourth-order valence-electron chi connectivity index (χ4n) is 2.44. The Morgan fingerprint density at radius 3 is 2.75 bits per heavy atom. The average Bonchev–Trinajstić information content (AvgIpc) is 2.69. The molecule has 0 radical (unpaired) electrons. The van der Waals surface area contributed by atoms with Gasteiger partial charge in [0.05, 0.1) is 17.3 Å². The van der Waals surface area contributed by atoms with E-state index in [2.05, 4.69) is 5.10 Å². The van der Waals surface area contributed by atoms with Crippen molar-refractivity contribution in [3.05, 3.63) is 51.6 Å². The highest BCUT2D eigenvalue weighted by atomic mass is 35.5. The third-order valence-corrected chi connectivity index (χ3v) is 4.02. The van der Waals surface area contributed by atoms with Crippen LogP contribution in [0.5, 0.6) is 0 Å². The van der Waals surface area contributed by atoms with E-state index in [1.54, 1.807) is 12.1 Å². The molecule has 0 aliphatic carbocycles. The van der Waals surface area contributed by atoms with Gasteiger partial charge in [-0.1, -0.05) is 30.7 Å². The van der Waals surface area contributed by atoms with Crippen molar-refractivity contribution in [3.63, 3.8) is 0 Å². The summed E-state index contributed by atoms with van der Waals surface area (Å²) in [6.45, 7) is 6.42. The molecule has 0 bridgehead atoms. The summed E-state index contributed by atoms with van der Waals surface area (Å²) in [6, 6.07) is 4.79. The highest BCUT2D eigenvalue weighted by molar-refractivity contribution is 6.31. The van der Waals surface area contributed by atoms with Crippen LogP contribution in [0.2, 0.25) is 5.02 Å². The van der Waals surface area contributed by atoms with Gasteiger partial charge in [-0.05, 0) is 31.9 Å². The Morgan fingerprint density at radius 2 is 2.10 bits per heavy atom. The van der Waals surface area contributed by atoms with Gasteiger partial charge >= 0.3 is 0 Å². The maximum atomic E-state index is 13.5. The van der Waals surface area contributed by atoms with Gasteiger partial charge in [0.25, 0.3) is 0 Å². The summed E-state index contributed by atoms with van der Waals surface area (Å²) in [4.78, 5) is 0. The van der Waals surface area contributed by atoms with E-state index in [0.29, 0.717) is 12.1 Å². The molecule has 108 valence electrons. The molecule has 1 unspecified atom stereocenters. The number of rotatable bonds is 4. The van der Waals surface area contributed by atoms with Crippen LogP contribution in [0, 0.1) is 19.7 Å². The lowest BCUT2D eigenvalue weighted by molar-refractivity contribution is 0.615. The summed E-state index contributed by atoms with van der Waals surface area (Å²) in [5, 5.41) is 4.65. The minimum Gasteiger partial charge on any atom is -0.324 e. The third-order valence-electron chi connectivity index (χ3n) is 3.60. The number of halogens is 2. The molecule has 0 amide bonds. The summed E-state index contributed by atoms with van der Waals surface area (Å²) in [7, 11) is 0. The fraction of sp³-hybridized carbons (Fsp3) is 0.400. The predicted octanol–water partition coefficient (Wildman–Crippen LogP) is 3.75.